The van der Waals surface area contributed by atoms with Crippen LogP contribution in [0.4, 0.5) is 18.9 Å². The second-order valence-electron chi connectivity index (χ2n) is 13.2. The lowest BCUT2D eigenvalue weighted by Gasteiger charge is -2.43. The Balaban J connectivity index is 1.53. The van der Waals surface area contributed by atoms with E-state index in [-0.39, 0.29) is 29.9 Å². The normalized spacial score (nSPS) is 25.5. The van der Waals surface area contributed by atoms with Crippen LogP contribution >= 0.6 is 0 Å². The molecule has 0 saturated carbocycles. The number of carboxylic acids is 1. The number of sulfonamides is 1. The van der Waals surface area contributed by atoms with Gasteiger partial charge in [-0.2, -0.15) is 21.6 Å². The van der Waals surface area contributed by atoms with Crippen LogP contribution in [0.1, 0.15) is 68.6 Å². The van der Waals surface area contributed by atoms with Crippen LogP contribution in [0.3, 0.4) is 0 Å². The summed E-state index contributed by atoms with van der Waals surface area (Å²) in [6, 6.07) is 16.7. The summed E-state index contributed by atoms with van der Waals surface area (Å²) in [6.07, 6.45) is -12.0. The van der Waals surface area contributed by atoms with Gasteiger partial charge in [-0.25, -0.2) is 14.6 Å². The number of rotatable bonds is 14. The molecule has 1 fully saturated rings. The number of aliphatic carboxylic acids is 1. The maximum Gasteiger partial charge on any atom is 0.417 e. The van der Waals surface area contributed by atoms with Gasteiger partial charge in [-0.1, -0.05) is 62.7 Å². The third-order valence-electron chi connectivity index (χ3n) is 9.44. The largest absolute Gasteiger partial charge is 0.479 e. The number of hydrogen-bond acceptors (Lipinski definition) is 11. The van der Waals surface area contributed by atoms with Gasteiger partial charge in [0, 0.05) is 24.2 Å². The number of ether oxygens (including phenoxy) is 3. The maximum atomic E-state index is 14.2. The number of anilines is 1. The Hall–Kier alpha value is -4.55. The monoisotopic (exact) mass is 778 g/mol. The highest BCUT2D eigenvalue weighted by atomic mass is 32.2. The molecule has 0 spiro atoms. The molecule has 2 aliphatic heterocycles. The second kappa shape index (κ2) is 16.4. The molecular weight excluding hydrogens is 737 g/mol. The standard InChI is InChI=1S/C37H41F3N2O11S/c1-3-16-36(17-15-21-9-6-5-7-10-21)19-26(51-35-31(45)29(43)30(44)32(52-35)33(46)47)28(34(48)53-36)25(4-2)22-11-8-12-24(18-22)42-54(49,50)27-14-13-23(20-41-27)37(38,39)40/h5-14,18,20,25,29-32,35,42-45H,3-4,15-17,19H2,1-2H3,(H,46,47)/t25-,29?,30-,31?,32?,35+,36?/m0/s1. The van der Waals surface area contributed by atoms with Crippen LogP contribution in [0.25, 0.3) is 0 Å². The molecule has 7 atom stereocenters. The van der Waals surface area contributed by atoms with Gasteiger partial charge in [0.1, 0.15) is 29.7 Å². The number of aliphatic hydroxyl groups is 3. The first-order valence-corrected chi connectivity index (χ1v) is 18.7. The minimum absolute atomic E-state index is 0.00414. The number of alkyl halides is 3. The zero-order valence-electron chi connectivity index (χ0n) is 29.3. The Bertz CT molecular complexity index is 1940. The molecule has 0 radical (unpaired) electrons. The highest BCUT2D eigenvalue weighted by molar-refractivity contribution is 7.92. The van der Waals surface area contributed by atoms with E-state index in [1.807, 2.05) is 37.3 Å². The average molecular weight is 779 g/mol. The van der Waals surface area contributed by atoms with E-state index in [2.05, 4.69) is 9.71 Å². The number of nitrogens with one attached hydrogen (secondary N) is 1. The van der Waals surface area contributed by atoms with E-state index in [4.69, 9.17) is 14.2 Å². The number of carbonyl (C=O) groups is 2. The molecule has 0 bridgehead atoms. The van der Waals surface area contributed by atoms with Gasteiger partial charge >= 0.3 is 18.1 Å². The fourth-order valence-corrected chi connectivity index (χ4v) is 7.72. The fraction of sp³-hybridized carbons (Fsp3) is 0.432. The number of carboxylic acid groups (broad SMARTS) is 1. The van der Waals surface area contributed by atoms with Crippen molar-refractivity contribution < 1.29 is 65.8 Å². The number of halogens is 3. The summed E-state index contributed by atoms with van der Waals surface area (Å²) >= 11 is 0. The Morgan fingerprint density at radius 3 is 2.35 bits per heavy atom. The summed E-state index contributed by atoms with van der Waals surface area (Å²) in [5.41, 5.74) is -0.909. The highest BCUT2D eigenvalue weighted by Crippen LogP contribution is 2.44. The van der Waals surface area contributed by atoms with Crippen molar-refractivity contribution >= 4 is 27.6 Å². The predicted octanol–water partition coefficient (Wildman–Crippen LogP) is 4.68. The lowest BCUT2D eigenvalue weighted by molar-refractivity contribution is -0.287. The summed E-state index contributed by atoms with van der Waals surface area (Å²) in [5, 5.41) is 40.6. The zero-order chi connectivity index (χ0) is 39.4. The molecule has 5 rings (SSSR count). The first-order chi connectivity index (χ1) is 25.5. The van der Waals surface area contributed by atoms with Crippen LogP contribution in [0, 0.1) is 0 Å². The summed E-state index contributed by atoms with van der Waals surface area (Å²) in [6.45, 7) is 3.64. The third kappa shape index (κ3) is 9.03. The Labute approximate surface area is 309 Å². The molecule has 1 saturated heterocycles. The molecule has 13 nitrogen and oxygen atoms in total. The Morgan fingerprint density at radius 1 is 1.02 bits per heavy atom. The number of hydrogen-bond donors (Lipinski definition) is 5. The molecule has 17 heteroatoms. The molecule has 3 aromatic rings. The number of pyridine rings is 1. The number of nitrogens with zero attached hydrogens (tertiary/aromatic N) is 1. The molecule has 3 heterocycles. The van der Waals surface area contributed by atoms with Crippen molar-refractivity contribution in [2.75, 3.05) is 4.72 Å². The Morgan fingerprint density at radius 2 is 1.74 bits per heavy atom. The molecule has 0 aliphatic carbocycles. The molecule has 0 amide bonds. The van der Waals surface area contributed by atoms with Gasteiger partial charge in [0.15, 0.2) is 11.1 Å². The van der Waals surface area contributed by atoms with Gasteiger partial charge in [0.25, 0.3) is 10.0 Å². The molecular formula is C37H41F3N2O11S. The first kappa shape index (κ1) is 40.6. The summed E-state index contributed by atoms with van der Waals surface area (Å²) in [5.74, 6) is -3.28. The number of aromatic nitrogens is 1. The first-order valence-electron chi connectivity index (χ1n) is 17.2. The van der Waals surface area contributed by atoms with Gasteiger partial charge in [-0.15, -0.1) is 0 Å². The van der Waals surface area contributed by atoms with Gasteiger partial charge in [-0.3, -0.25) is 4.72 Å². The zero-order valence-corrected chi connectivity index (χ0v) is 30.1. The quantitative estimate of drug-likeness (QED) is 0.142. The molecule has 1 aromatic heterocycles. The number of benzene rings is 2. The van der Waals surface area contributed by atoms with Crippen molar-refractivity contribution in [2.45, 2.75) is 106 Å². The third-order valence-corrected chi connectivity index (χ3v) is 10.7. The molecule has 2 aromatic carbocycles. The van der Waals surface area contributed by atoms with Crippen molar-refractivity contribution in [3.8, 4) is 0 Å². The van der Waals surface area contributed by atoms with E-state index in [9.17, 15) is 51.6 Å². The minimum Gasteiger partial charge on any atom is -0.479 e. The van der Waals surface area contributed by atoms with E-state index >= 15 is 0 Å². The molecule has 54 heavy (non-hydrogen) atoms. The van der Waals surface area contributed by atoms with Crippen LogP contribution in [0.5, 0.6) is 0 Å². The van der Waals surface area contributed by atoms with Crippen molar-refractivity contribution in [1.29, 1.82) is 0 Å². The van der Waals surface area contributed by atoms with Crippen molar-refractivity contribution in [1.82, 2.24) is 4.98 Å². The second-order valence-corrected chi connectivity index (χ2v) is 14.9. The van der Waals surface area contributed by atoms with E-state index in [1.54, 1.807) is 13.0 Å². The van der Waals surface area contributed by atoms with E-state index in [0.29, 0.717) is 43.5 Å². The van der Waals surface area contributed by atoms with Crippen LogP contribution in [-0.2, 0) is 46.4 Å². The predicted molar refractivity (Wildman–Crippen MR) is 185 cm³/mol. The lowest BCUT2D eigenvalue weighted by atomic mass is 9.79. The van der Waals surface area contributed by atoms with Gasteiger partial charge in [0.2, 0.25) is 6.29 Å². The minimum atomic E-state index is -4.72. The fourth-order valence-electron chi connectivity index (χ4n) is 6.74. The van der Waals surface area contributed by atoms with Crippen LogP contribution in [0.15, 0.2) is 89.3 Å². The molecule has 5 N–H and O–H groups in total. The number of aryl methyl sites for hydroxylation is 1. The lowest BCUT2D eigenvalue weighted by Crippen LogP contribution is -2.60. The van der Waals surface area contributed by atoms with E-state index in [0.717, 1.165) is 11.6 Å². The van der Waals surface area contributed by atoms with Crippen molar-refractivity contribution in [3.63, 3.8) is 0 Å². The van der Waals surface area contributed by atoms with E-state index < -0.39 is 81.0 Å². The number of esters is 1. The summed E-state index contributed by atoms with van der Waals surface area (Å²) < 4.78 is 85.5. The summed E-state index contributed by atoms with van der Waals surface area (Å²) in [7, 11) is -4.46. The van der Waals surface area contributed by atoms with Crippen LogP contribution in [0.2, 0.25) is 0 Å². The summed E-state index contributed by atoms with van der Waals surface area (Å²) in [4.78, 5) is 29.6. The SMILES string of the molecule is CCCC1(CCc2ccccc2)CC(O[C@@H]2OC(C(=O)O)[C@@H](O)C(O)C2O)=C([C@@H](CC)c2cccc(NS(=O)(=O)c3ccc(C(F)(F)F)cn3)c2)C(=O)O1. The smallest absolute Gasteiger partial charge is 0.417 e. The Kier molecular flexibility index (Phi) is 12.4. The van der Waals surface area contributed by atoms with E-state index in [1.165, 1.54) is 18.2 Å². The number of aliphatic hydroxyl groups excluding tert-OH is 3. The van der Waals surface area contributed by atoms with Gasteiger partial charge in [-0.05, 0) is 61.1 Å². The number of carbonyl (C=O) groups excluding carboxylic acids is 1. The van der Waals surface area contributed by atoms with Gasteiger partial charge < -0.3 is 34.6 Å². The van der Waals surface area contributed by atoms with Gasteiger partial charge in [0.05, 0.1) is 11.1 Å². The van der Waals surface area contributed by atoms with Crippen molar-refractivity contribution in [3.05, 3.63) is 101 Å². The molecule has 4 unspecified atom stereocenters. The maximum absolute atomic E-state index is 14.2. The average Bonchev–Trinajstić information content (AvgIpc) is 3.12. The molecule has 292 valence electrons. The topological polar surface area (TPSA) is 202 Å². The number of cyclic esters (lactones) is 1. The van der Waals surface area contributed by atoms with Crippen LogP contribution < -0.4 is 4.72 Å². The van der Waals surface area contributed by atoms with Crippen LogP contribution in [-0.4, -0.2) is 82.1 Å². The van der Waals surface area contributed by atoms with Crippen molar-refractivity contribution in [2.24, 2.45) is 0 Å². The highest BCUT2D eigenvalue weighted by Gasteiger charge is 2.50. The molecule has 2 aliphatic rings.